The standard InChI is InChI=1S/C18H31F3N6O2.HI/c1-14(16(29)26-6-4-5-7-26)25-8-10-27(11-9-25)17(22-2)23-12-15(28)24(3)13-18(19,20)21;/h14H,4-13H2,1-3H3,(H,22,23);1H. The first kappa shape index (κ1) is 26.7. The molecule has 0 aromatic carbocycles. The third-order valence-corrected chi connectivity index (χ3v) is 5.39. The van der Waals surface area contributed by atoms with Gasteiger partial charge in [-0.2, -0.15) is 13.2 Å². The van der Waals surface area contributed by atoms with Gasteiger partial charge in [0.05, 0.1) is 12.6 Å². The van der Waals surface area contributed by atoms with E-state index in [0.717, 1.165) is 33.0 Å². The van der Waals surface area contributed by atoms with Crippen molar-refractivity contribution in [3.05, 3.63) is 0 Å². The van der Waals surface area contributed by atoms with Gasteiger partial charge in [0, 0.05) is 53.4 Å². The number of carbonyl (C=O) groups excluding carboxylic acids is 2. The number of amides is 2. The highest BCUT2D eigenvalue weighted by atomic mass is 127. The Kier molecular flexibility index (Phi) is 10.6. The number of nitrogens with zero attached hydrogens (tertiary/aromatic N) is 5. The van der Waals surface area contributed by atoms with Crippen molar-refractivity contribution < 1.29 is 22.8 Å². The summed E-state index contributed by atoms with van der Waals surface area (Å²) in [6.07, 6.45) is -2.30. The highest BCUT2D eigenvalue weighted by Crippen LogP contribution is 2.16. The summed E-state index contributed by atoms with van der Waals surface area (Å²) >= 11 is 0. The number of aliphatic imine (C=N–C) groups is 1. The van der Waals surface area contributed by atoms with E-state index in [1.165, 1.54) is 0 Å². The van der Waals surface area contributed by atoms with E-state index in [1.807, 2.05) is 16.7 Å². The van der Waals surface area contributed by atoms with Crippen LogP contribution in [0.1, 0.15) is 19.8 Å². The van der Waals surface area contributed by atoms with E-state index in [0.29, 0.717) is 37.0 Å². The van der Waals surface area contributed by atoms with Gasteiger partial charge in [-0.05, 0) is 19.8 Å². The van der Waals surface area contributed by atoms with Crippen LogP contribution in [0.5, 0.6) is 0 Å². The van der Waals surface area contributed by atoms with Crippen LogP contribution in [0.4, 0.5) is 13.2 Å². The average molecular weight is 548 g/mol. The lowest BCUT2D eigenvalue weighted by atomic mass is 10.2. The van der Waals surface area contributed by atoms with Crippen molar-refractivity contribution in [1.29, 1.82) is 0 Å². The Bertz CT molecular complexity index is 605. The normalized spacial score (nSPS) is 19.3. The van der Waals surface area contributed by atoms with Crippen LogP contribution in [0.2, 0.25) is 0 Å². The molecule has 2 amide bonds. The maximum atomic E-state index is 12.6. The molecule has 0 saturated carbocycles. The fourth-order valence-electron chi connectivity index (χ4n) is 3.66. The lowest BCUT2D eigenvalue weighted by molar-refractivity contribution is -0.157. The minimum absolute atomic E-state index is 0. The summed E-state index contributed by atoms with van der Waals surface area (Å²) in [5.74, 6) is -0.0272. The minimum atomic E-state index is -4.42. The van der Waals surface area contributed by atoms with Crippen LogP contribution in [0, 0.1) is 0 Å². The van der Waals surface area contributed by atoms with Crippen molar-refractivity contribution in [1.82, 2.24) is 24.9 Å². The van der Waals surface area contributed by atoms with Crippen LogP contribution in [0.25, 0.3) is 0 Å². The maximum absolute atomic E-state index is 12.6. The molecule has 0 spiro atoms. The van der Waals surface area contributed by atoms with Gasteiger partial charge >= 0.3 is 6.18 Å². The van der Waals surface area contributed by atoms with Crippen molar-refractivity contribution in [3.8, 4) is 0 Å². The first-order valence-electron chi connectivity index (χ1n) is 9.91. The highest BCUT2D eigenvalue weighted by molar-refractivity contribution is 14.0. The van der Waals surface area contributed by atoms with Crippen molar-refractivity contribution >= 4 is 41.8 Å². The summed E-state index contributed by atoms with van der Waals surface area (Å²) in [4.78, 5) is 35.2. The molecule has 0 aliphatic carbocycles. The van der Waals surface area contributed by atoms with Crippen LogP contribution >= 0.6 is 24.0 Å². The molecule has 2 saturated heterocycles. The molecule has 0 aromatic rings. The molecule has 2 aliphatic rings. The molecule has 1 unspecified atom stereocenters. The lowest BCUT2D eigenvalue weighted by Crippen LogP contribution is -2.57. The fourth-order valence-corrected chi connectivity index (χ4v) is 3.66. The molecular weight excluding hydrogens is 516 g/mol. The van der Waals surface area contributed by atoms with E-state index < -0.39 is 18.6 Å². The molecule has 2 fully saturated rings. The zero-order valence-electron chi connectivity index (χ0n) is 17.7. The molecule has 12 heteroatoms. The molecular formula is C18H32F3IN6O2. The summed E-state index contributed by atoms with van der Waals surface area (Å²) in [5, 5.41) is 2.84. The van der Waals surface area contributed by atoms with Gasteiger partial charge in [-0.25, -0.2) is 0 Å². The topological polar surface area (TPSA) is 71.5 Å². The first-order chi connectivity index (χ1) is 13.6. The first-order valence-corrected chi connectivity index (χ1v) is 9.91. The molecule has 0 aromatic heterocycles. The number of halogens is 4. The van der Waals surface area contributed by atoms with Gasteiger partial charge in [-0.15, -0.1) is 24.0 Å². The molecule has 8 nitrogen and oxygen atoms in total. The lowest BCUT2D eigenvalue weighted by Gasteiger charge is -2.39. The Hall–Kier alpha value is -1.31. The van der Waals surface area contributed by atoms with Crippen molar-refractivity contribution in [2.75, 3.05) is 66.5 Å². The quantitative estimate of drug-likeness (QED) is 0.313. The smallest absolute Gasteiger partial charge is 0.347 e. The Morgan fingerprint density at radius 3 is 2.13 bits per heavy atom. The minimum Gasteiger partial charge on any atom is -0.347 e. The number of likely N-dealkylation sites (N-methyl/N-ethyl adjacent to an activating group) is 1. The van der Waals surface area contributed by atoms with E-state index >= 15 is 0 Å². The Morgan fingerprint density at radius 2 is 1.63 bits per heavy atom. The van der Waals surface area contributed by atoms with Gasteiger partial charge in [0.2, 0.25) is 11.8 Å². The zero-order chi connectivity index (χ0) is 21.6. The zero-order valence-corrected chi connectivity index (χ0v) is 20.1. The van der Waals surface area contributed by atoms with Crippen molar-refractivity contribution in [2.45, 2.75) is 32.0 Å². The number of nitrogens with one attached hydrogen (secondary N) is 1. The number of rotatable bonds is 5. The second kappa shape index (κ2) is 11.9. The second-order valence-corrected chi connectivity index (χ2v) is 7.50. The van der Waals surface area contributed by atoms with E-state index in [2.05, 4.69) is 15.2 Å². The second-order valence-electron chi connectivity index (χ2n) is 7.50. The van der Waals surface area contributed by atoms with Gasteiger partial charge in [0.25, 0.3) is 0 Å². The summed E-state index contributed by atoms with van der Waals surface area (Å²) < 4.78 is 37.2. The SMILES string of the molecule is CN=C(NCC(=O)N(C)CC(F)(F)F)N1CCN(C(C)C(=O)N2CCCC2)CC1.I. The van der Waals surface area contributed by atoms with Gasteiger partial charge < -0.3 is 20.0 Å². The van der Waals surface area contributed by atoms with Crippen molar-refractivity contribution in [2.24, 2.45) is 4.99 Å². The summed E-state index contributed by atoms with van der Waals surface area (Å²) in [6, 6.07) is -0.178. The third-order valence-electron chi connectivity index (χ3n) is 5.39. The molecule has 0 radical (unpaired) electrons. The van der Waals surface area contributed by atoms with Crippen LogP contribution < -0.4 is 5.32 Å². The number of carbonyl (C=O) groups is 2. The van der Waals surface area contributed by atoms with Crippen LogP contribution in [-0.2, 0) is 9.59 Å². The number of hydrogen-bond acceptors (Lipinski definition) is 4. The Balaban J connectivity index is 0.00000450. The van der Waals surface area contributed by atoms with Crippen LogP contribution in [0.3, 0.4) is 0 Å². The predicted molar refractivity (Wildman–Crippen MR) is 119 cm³/mol. The molecule has 1 atom stereocenters. The van der Waals surface area contributed by atoms with Gasteiger partial charge in [-0.3, -0.25) is 19.5 Å². The molecule has 174 valence electrons. The van der Waals surface area contributed by atoms with Crippen LogP contribution in [-0.4, -0.2) is 116 Å². The number of likely N-dealkylation sites (tertiary alicyclic amines) is 1. The summed E-state index contributed by atoms with van der Waals surface area (Å²) in [5.41, 5.74) is 0. The monoisotopic (exact) mass is 548 g/mol. The number of guanidine groups is 1. The molecule has 0 bridgehead atoms. The third kappa shape index (κ3) is 7.75. The van der Waals surface area contributed by atoms with Gasteiger partial charge in [0.15, 0.2) is 5.96 Å². The van der Waals surface area contributed by atoms with E-state index in [1.54, 1.807) is 7.05 Å². The molecule has 2 aliphatic heterocycles. The Labute approximate surface area is 192 Å². The molecule has 1 N–H and O–H groups in total. The molecule has 2 rings (SSSR count). The predicted octanol–water partition coefficient (Wildman–Crippen LogP) is 0.829. The summed E-state index contributed by atoms with van der Waals surface area (Å²) in [7, 11) is 2.69. The largest absolute Gasteiger partial charge is 0.406 e. The fraction of sp³-hybridized carbons (Fsp3) is 0.833. The van der Waals surface area contributed by atoms with Crippen LogP contribution in [0.15, 0.2) is 4.99 Å². The average Bonchev–Trinajstić information content (AvgIpc) is 3.21. The molecule has 30 heavy (non-hydrogen) atoms. The maximum Gasteiger partial charge on any atom is 0.406 e. The highest BCUT2D eigenvalue weighted by Gasteiger charge is 2.32. The van der Waals surface area contributed by atoms with Crippen molar-refractivity contribution in [3.63, 3.8) is 0 Å². The summed E-state index contributed by atoms with van der Waals surface area (Å²) in [6.45, 7) is 4.61. The number of hydrogen-bond donors (Lipinski definition) is 1. The number of piperazine rings is 1. The van der Waals surface area contributed by atoms with E-state index in [-0.39, 0.29) is 42.5 Å². The molecule has 2 heterocycles. The van der Waals surface area contributed by atoms with Gasteiger partial charge in [0.1, 0.15) is 6.54 Å². The Morgan fingerprint density at radius 1 is 1.07 bits per heavy atom. The van der Waals surface area contributed by atoms with Gasteiger partial charge in [-0.1, -0.05) is 0 Å². The van der Waals surface area contributed by atoms with E-state index in [9.17, 15) is 22.8 Å². The van der Waals surface area contributed by atoms with E-state index in [4.69, 9.17) is 0 Å². The number of alkyl halides is 3.